The van der Waals surface area contributed by atoms with Crippen LogP contribution in [0.4, 0.5) is 5.69 Å². The maximum absolute atomic E-state index is 12.6. The second-order valence-corrected chi connectivity index (χ2v) is 6.31. The van der Waals surface area contributed by atoms with Crippen LogP contribution in [0.25, 0.3) is 0 Å². The summed E-state index contributed by atoms with van der Waals surface area (Å²) in [7, 11) is 0. The van der Waals surface area contributed by atoms with Gasteiger partial charge in [0.1, 0.15) is 0 Å². The van der Waals surface area contributed by atoms with Crippen LogP contribution in [0, 0.1) is 5.41 Å². The summed E-state index contributed by atoms with van der Waals surface area (Å²) < 4.78 is 0. The average Bonchev–Trinajstić information content (AvgIpc) is 2.43. The van der Waals surface area contributed by atoms with Crippen LogP contribution >= 0.6 is 35.4 Å². The predicted molar refractivity (Wildman–Crippen MR) is 87.4 cm³/mol. The third-order valence-electron chi connectivity index (χ3n) is 3.81. The minimum absolute atomic E-state index is 0.209. The molecule has 1 saturated carbocycles. The Balaban J connectivity index is 2.28. The monoisotopic (exact) mass is 330 g/mol. The number of para-hydroxylation sites is 1. The zero-order chi connectivity index (χ0) is 14.8. The number of rotatable bonds is 3. The van der Waals surface area contributed by atoms with E-state index in [0.29, 0.717) is 28.6 Å². The largest absolute Gasteiger partial charge is 0.392 e. The van der Waals surface area contributed by atoms with Crippen molar-refractivity contribution in [1.82, 2.24) is 0 Å². The highest BCUT2D eigenvalue weighted by Gasteiger charge is 2.42. The van der Waals surface area contributed by atoms with Crippen molar-refractivity contribution in [1.29, 1.82) is 0 Å². The minimum atomic E-state index is -0.782. The molecule has 2 rings (SSSR count). The first-order chi connectivity index (χ1) is 9.47. The van der Waals surface area contributed by atoms with Gasteiger partial charge in [0.2, 0.25) is 5.91 Å². The van der Waals surface area contributed by atoms with Crippen molar-refractivity contribution in [2.75, 3.05) is 5.32 Å². The molecule has 1 amide bonds. The molecule has 0 radical (unpaired) electrons. The molecule has 0 aliphatic heterocycles. The fourth-order valence-electron chi connectivity index (χ4n) is 2.59. The Kier molecular flexibility index (Phi) is 4.89. The molecule has 1 aromatic rings. The number of carbonyl (C=O) groups is 1. The molecule has 3 N–H and O–H groups in total. The topological polar surface area (TPSA) is 55.1 Å². The lowest BCUT2D eigenvalue weighted by molar-refractivity contribution is -0.123. The molecule has 0 aromatic heterocycles. The normalized spacial score (nSPS) is 17.5. The lowest BCUT2D eigenvalue weighted by Gasteiger charge is -2.34. The third-order valence-corrected chi connectivity index (χ3v) is 4.84. The third kappa shape index (κ3) is 2.92. The number of thiocarbonyl (C=S) groups is 1. The van der Waals surface area contributed by atoms with Gasteiger partial charge >= 0.3 is 0 Å². The van der Waals surface area contributed by atoms with Crippen LogP contribution in [0.5, 0.6) is 0 Å². The van der Waals surface area contributed by atoms with Crippen LogP contribution in [0.15, 0.2) is 18.2 Å². The Morgan fingerprint density at radius 2 is 1.75 bits per heavy atom. The van der Waals surface area contributed by atoms with Crippen LogP contribution in [-0.2, 0) is 4.79 Å². The molecule has 0 atom stereocenters. The van der Waals surface area contributed by atoms with Gasteiger partial charge in [0.15, 0.2) is 0 Å². The first-order valence-electron chi connectivity index (χ1n) is 6.53. The molecule has 20 heavy (non-hydrogen) atoms. The highest BCUT2D eigenvalue weighted by Crippen LogP contribution is 2.39. The zero-order valence-corrected chi connectivity index (χ0v) is 13.2. The maximum Gasteiger partial charge on any atom is 0.237 e. The Labute approximate surface area is 133 Å². The maximum atomic E-state index is 12.6. The predicted octanol–water partition coefficient (Wildman–Crippen LogP) is 4.17. The van der Waals surface area contributed by atoms with Crippen LogP contribution in [0.3, 0.4) is 0 Å². The fraction of sp³-hybridized carbons (Fsp3) is 0.429. The number of nitrogens with two attached hydrogens (primary N) is 1. The molecule has 0 bridgehead atoms. The summed E-state index contributed by atoms with van der Waals surface area (Å²) in [5.74, 6) is -0.209. The summed E-state index contributed by atoms with van der Waals surface area (Å²) in [6.07, 6.45) is 4.35. The van der Waals surface area contributed by atoms with Crippen molar-refractivity contribution < 1.29 is 4.79 Å². The second-order valence-electron chi connectivity index (χ2n) is 5.06. The molecule has 0 spiro atoms. The number of benzene rings is 1. The molecule has 0 unspecified atom stereocenters. The first-order valence-corrected chi connectivity index (χ1v) is 7.69. The van der Waals surface area contributed by atoms with Gasteiger partial charge in [-0.05, 0) is 25.0 Å². The number of hydrogen-bond donors (Lipinski definition) is 2. The van der Waals surface area contributed by atoms with Gasteiger partial charge in [0.25, 0.3) is 0 Å². The number of carbonyl (C=O) groups excluding carboxylic acids is 1. The minimum Gasteiger partial charge on any atom is -0.392 e. The summed E-state index contributed by atoms with van der Waals surface area (Å²) in [4.78, 5) is 12.9. The Bertz CT molecular complexity index is 522. The fourth-order valence-corrected chi connectivity index (χ4v) is 3.38. The van der Waals surface area contributed by atoms with Gasteiger partial charge in [-0.2, -0.15) is 0 Å². The molecule has 1 aliphatic carbocycles. The van der Waals surface area contributed by atoms with E-state index < -0.39 is 5.41 Å². The average molecular weight is 331 g/mol. The SMILES string of the molecule is NC(=S)C1(C(=O)Nc2c(Cl)cccc2Cl)CCCCC1. The van der Waals surface area contributed by atoms with E-state index in [1.807, 2.05) is 0 Å². The molecule has 3 nitrogen and oxygen atoms in total. The summed E-state index contributed by atoms with van der Waals surface area (Å²) in [6.45, 7) is 0. The molecule has 1 aromatic carbocycles. The van der Waals surface area contributed by atoms with Crippen molar-refractivity contribution in [2.45, 2.75) is 32.1 Å². The lowest BCUT2D eigenvalue weighted by atomic mass is 9.73. The summed E-state index contributed by atoms with van der Waals surface area (Å²) in [5, 5.41) is 3.61. The summed E-state index contributed by atoms with van der Waals surface area (Å²) in [5.41, 5.74) is 5.47. The Morgan fingerprint density at radius 3 is 2.25 bits per heavy atom. The highest BCUT2D eigenvalue weighted by atomic mass is 35.5. The van der Waals surface area contributed by atoms with Crippen LogP contribution in [0.1, 0.15) is 32.1 Å². The van der Waals surface area contributed by atoms with Crippen molar-refractivity contribution in [3.63, 3.8) is 0 Å². The highest BCUT2D eigenvalue weighted by molar-refractivity contribution is 7.80. The summed E-state index contributed by atoms with van der Waals surface area (Å²) in [6, 6.07) is 5.08. The quantitative estimate of drug-likeness (QED) is 0.818. The van der Waals surface area contributed by atoms with Crippen LogP contribution in [-0.4, -0.2) is 10.9 Å². The van der Waals surface area contributed by atoms with E-state index in [1.165, 1.54) is 0 Å². The van der Waals surface area contributed by atoms with Gasteiger partial charge in [-0.1, -0.05) is 60.7 Å². The number of anilines is 1. The van der Waals surface area contributed by atoms with E-state index in [0.717, 1.165) is 19.3 Å². The van der Waals surface area contributed by atoms with E-state index in [2.05, 4.69) is 5.32 Å². The molecule has 108 valence electrons. The van der Waals surface area contributed by atoms with Gasteiger partial charge < -0.3 is 11.1 Å². The van der Waals surface area contributed by atoms with Crippen molar-refractivity contribution in [3.8, 4) is 0 Å². The van der Waals surface area contributed by atoms with Gasteiger partial charge in [-0.3, -0.25) is 4.79 Å². The van der Waals surface area contributed by atoms with E-state index in [4.69, 9.17) is 41.2 Å². The molecule has 1 aliphatic rings. The molecule has 1 fully saturated rings. The van der Waals surface area contributed by atoms with Gasteiger partial charge in [0.05, 0.1) is 26.1 Å². The summed E-state index contributed by atoms with van der Waals surface area (Å²) >= 11 is 17.3. The Hall–Kier alpha value is -0.840. The van der Waals surface area contributed by atoms with Gasteiger partial charge in [-0.25, -0.2) is 0 Å². The number of hydrogen-bond acceptors (Lipinski definition) is 2. The van der Waals surface area contributed by atoms with E-state index in [1.54, 1.807) is 18.2 Å². The smallest absolute Gasteiger partial charge is 0.237 e. The second kappa shape index (κ2) is 6.29. The molecule has 0 heterocycles. The zero-order valence-electron chi connectivity index (χ0n) is 10.9. The molecular formula is C14H16Cl2N2OS. The van der Waals surface area contributed by atoms with Gasteiger partial charge in [0, 0.05) is 0 Å². The number of halogens is 2. The van der Waals surface area contributed by atoms with Crippen molar-refractivity contribution in [3.05, 3.63) is 28.2 Å². The molecule has 6 heteroatoms. The van der Waals surface area contributed by atoms with Gasteiger partial charge in [-0.15, -0.1) is 0 Å². The van der Waals surface area contributed by atoms with Crippen LogP contribution in [0.2, 0.25) is 10.0 Å². The number of nitrogens with one attached hydrogen (secondary N) is 1. The van der Waals surface area contributed by atoms with E-state index in [-0.39, 0.29) is 10.9 Å². The first kappa shape index (κ1) is 15.5. The molecule has 0 saturated heterocycles. The van der Waals surface area contributed by atoms with Crippen LogP contribution < -0.4 is 11.1 Å². The molecular weight excluding hydrogens is 315 g/mol. The van der Waals surface area contributed by atoms with E-state index in [9.17, 15) is 4.79 Å². The van der Waals surface area contributed by atoms with E-state index >= 15 is 0 Å². The standard InChI is InChI=1S/C14H16Cl2N2OS/c15-9-5-4-6-10(16)11(9)18-13(19)14(12(17)20)7-2-1-3-8-14/h4-6H,1-3,7-8H2,(H2,17,20)(H,18,19). The number of amides is 1. The lowest BCUT2D eigenvalue weighted by Crippen LogP contribution is -2.47. The van der Waals surface area contributed by atoms with Crippen molar-refractivity contribution >= 4 is 52.0 Å². The Morgan fingerprint density at radius 1 is 1.20 bits per heavy atom. The van der Waals surface area contributed by atoms with Crippen molar-refractivity contribution in [2.24, 2.45) is 11.1 Å².